The number of fused-ring (bicyclic) bond motifs is 1. The van der Waals surface area contributed by atoms with Gasteiger partial charge in [-0.15, -0.1) is 0 Å². The van der Waals surface area contributed by atoms with Gasteiger partial charge >= 0.3 is 0 Å². The number of benzene rings is 3. The first-order valence-corrected chi connectivity index (χ1v) is 8.28. The van der Waals surface area contributed by atoms with Gasteiger partial charge in [0.2, 0.25) is 0 Å². The molecule has 0 fully saturated rings. The highest BCUT2D eigenvalue weighted by Crippen LogP contribution is 2.27. The molecule has 4 aromatic rings. The summed E-state index contributed by atoms with van der Waals surface area (Å²) in [6.45, 7) is 1.92. The van der Waals surface area contributed by atoms with E-state index in [0.717, 1.165) is 33.5 Å². The number of nitrogens with one attached hydrogen (secondary N) is 1. The average Bonchev–Trinajstić information content (AvgIpc) is 3.05. The standard InChI is InChI=1S/C21H18N4O/c1-12-10-17(20(23)26)19-18(11-12)24-21(25-19)15-4-2-13(3-5-15)14-6-8-16(22)9-7-14/h2-11H,22H2,1H3,(H2,23,26)(H,24,25). The molecule has 0 radical (unpaired) electrons. The molecule has 0 saturated carbocycles. The number of H-pyrrole nitrogens is 1. The molecule has 1 heterocycles. The maximum Gasteiger partial charge on any atom is 0.250 e. The van der Waals surface area contributed by atoms with Crippen molar-refractivity contribution in [1.82, 2.24) is 9.97 Å². The summed E-state index contributed by atoms with van der Waals surface area (Å²) in [6, 6.07) is 19.6. The van der Waals surface area contributed by atoms with Crippen LogP contribution >= 0.6 is 0 Å². The van der Waals surface area contributed by atoms with Crippen LogP contribution in [-0.2, 0) is 0 Å². The van der Waals surface area contributed by atoms with Crippen molar-refractivity contribution in [1.29, 1.82) is 0 Å². The molecule has 3 aromatic carbocycles. The number of carbonyl (C=O) groups is 1. The molecule has 0 spiro atoms. The van der Waals surface area contributed by atoms with Gasteiger partial charge in [-0.2, -0.15) is 0 Å². The first kappa shape index (κ1) is 15.9. The van der Waals surface area contributed by atoms with E-state index in [0.29, 0.717) is 16.9 Å². The molecular formula is C21H18N4O. The number of hydrogen-bond acceptors (Lipinski definition) is 3. The summed E-state index contributed by atoms with van der Waals surface area (Å²) in [7, 11) is 0. The number of nitrogens with two attached hydrogens (primary N) is 2. The number of aromatic amines is 1. The molecule has 0 aliphatic rings. The van der Waals surface area contributed by atoms with Crippen molar-refractivity contribution in [3.8, 4) is 22.5 Å². The molecule has 0 atom stereocenters. The number of nitrogens with zero attached hydrogens (tertiary/aromatic N) is 1. The predicted octanol–water partition coefficient (Wildman–Crippen LogP) is 3.89. The predicted molar refractivity (Wildman–Crippen MR) is 105 cm³/mol. The van der Waals surface area contributed by atoms with Crippen LogP contribution in [-0.4, -0.2) is 15.9 Å². The normalized spacial score (nSPS) is 11.0. The van der Waals surface area contributed by atoms with E-state index in [1.165, 1.54) is 0 Å². The fourth-order valence-corrected chi connectivity index (χ4v) is 3.08. The fourth-order valence-electron chi connectivity index (χ4n) is 3.08. The van der Waals surface area contributed by atoms with Crippen molar-refractivity contribution < 1.29 is 4.79 Å². The Labute approximate surface area is 150 Å². The second-order valence-electron chi connectivity index (χ2n) is 6.36. The summed E-state index contributed by atoms with van der Waals surface area (Å²) < 4.78 is 0. The molecule has 5 N–H and O–H groups in total. The van der Waals surface area contributed by atoms with Gasteiger partial charge in [-0.3, -0.25) is 4.79 Å². The highest BCUT2D eigenvalue weighted by Gasteiger charge is 2.13. The van der Waals surface area contributed by atoms with Crippen LogP contribution in [0.1, 0.15) is 15.9 Å². The van der Waals surface area contributed by atoms with Crippen molar-refractivity contribution in [3.05, 3.63) is 71.8 Å². The van der Waals surface area contributed by atoms with Crippen LogP contribution in [0.2, 0.25) is 0 Å². The van der Waals surface area contributed by atoms with Crippen LogP contribution in [0.5, 0.6) is 0 Å². The Balaban J connectivity index is 1.75. The van der Waals surface area contributed by atoms with E-state index in [9.17, 15) is 4.79 Å². The molecule has 0 unspecified atom stereocenters. The van der Waals surface area contributed by atoms with Crippen molar-refractivity contribution in [2.24, 2.45) is 5.73 Å². The summed E-state index contributed by atoms with van der Waals surface area (Å²) in [5.41, 5.74) is 17.9. The second kappa shape index (κ2) is 6.04. The van der Waals surface area contributed by atoms with E-state index in [1.54, 1.807) is 6.07 Å². The molecule has 5 nitrogen and oxygen atoms in total. The van der Waals surface area contributed by atoms with Gasteiger partial charge in [0.05, 0.1) is 11.1 Å². The third-order valence-electron chi connectivity index (χ3n) is 4.40. The summed E-state index contributed by atoms with van der Waals surface area (Å²) in [5.74, 6) is 0.229. The first-order valence-electron chi connectivity index (χ1n) is 8.28. The topological polar surface area (TPSA) is 97.8 Å². The van der Waals surface area contributed by atoms with Crippen LogP contribution < -0.4 is 11.5 Å². The lowest BCUT2D eigenvalue weighted by atomic mass is 10.0. The number of primary amides is 1. The highest BCUT2D eigenvalue weighted by molar-refractivity contribution is 6.05. The summed E-state index contributed by atoms with van der Waals surface area (Å²) in [4.78, 5) is 19.6. The van der Waals surface area contributed by atoms with Gasteiger partial charge in [-0.1, -0.05) is 36.4 Å². The van der Waals surface area contributed by atoms with E-state index >= 15 is 0 Å². The molecule has 0 saturated heterocycles. The lowest BCUT2D eigenvalue weighted by Gasteiger charge is -2.03. The van der Waals surface area contributed by atoms with Crippen LogP contribution in [0.25, 0.3) is 33.5 Å². The minimum atomic E-state index is -0.476. The Bertz CT molecular complexity index is 1110. The van der Waals surface area contributed by atoms with E-state index in [1.807, 2.05) is 61.5 Å². The molecular weight excluding hydrogens is 324 g/mol. The molecule has 26 heavy (non-hydrogen) atoms. The first-order chi connectivity index (χ1) is 12.5. The Morgan fingerprint density at radius 3 is 2.12 bits per heavy atom. The van der Waals surface area contributed by atoms with Crippen LogP contribution in [0.4, 0.5) is 5.69 Å². The van der Waals surface area contributed by atoms with E-state index in [4.69, 9.17) is 11.5 Å². The molecule has 5 heteroatoms. The summed E-state index contributed by atoms with van der Waals surface area (Å²) >= 11 is 0. The van der Waals surface area contributed by atoms with Gasteiger partial charge < -0.3 is 16.5 Å². The van der Waals surface area contributed by atoms with E-state index < -0.39 is 5.91 Å². The van der Waals surface area contributed by atoms with Gasteiger partial charge in [0.15, 0.2) is 0 Å². The van der Waals surface area contributed by atoms with E-state index in [-0.39, 0.29) is 0 Å². The maximum absolute atomic E-state index is 11.7. The number of nitrogen functional groups attached to an aromatic ring is 1. The average molecular weight is 342 g/mol. The highest BCUT2D eigenvalue weighted by atomic mass is 16.1. The second-order valence-corrected chi connectivity index (χ2v) is 6.36. The fraction of sp³-hybridized carbons (Fsp3) is 0.0476. The number of hydrogen-bond donors (Lipinski definition) is 3. The quantitative estimate of drug-likeness (QED) is 0.493. The largest absolute Gasteiger partial charge is 0.399 e. The minimum absolute atomic E-state index is 0.431. The Morgan fingerprint density at radius 1 is 0.923 bits per heavy atom. The zero-order valence-electron chi connectivity index (χ0n) is 14.3. The zero-order chi connectivity index (χ0) is 18.3. The lowest BCUT2D eigenvalue weighted by Crippen LogP contribution is -2.11. The SMILES string of the molecule is Cc1cc(C(N)=O)c2nc(-c3ccc(-c4ccc(N)cc4)cc3)[nH]c2c1. The van der Waals surface area contributed by atoms with Crippen molar-refractivity contribution in [3.63, 3.8) is 0 Å². The molecule has 128 valence electrons. The van der Waals surface area contributed by atoms with Gasteiger partial charge in [0, 0.05) is 11.3 Å². The Kier molecular flexibility index (Phi) is 3.69. The van der Waals surface area contributed by atoms with Gasteiger partial charge in [-0.25, -0.2) is 4.98 Å². The number of aryl methyl sites for hydroxylation is 1. The maximum atomic E-state index is 11.7. The van der Waals surface area contributed by atoms with Gasteiger partial charge in [-0.05, 0) is 47.9 Å². The smallest absolute Gasteiger partial charge is 0.250 e. The summed E-state index contributed by atoms with van der Waals surface area (Å²) in [5, 5.41) is 0. The van der Waals surface area contributed by atoms with Crippen molar-refractivity contribution in [2.45, 2.75) is 6.92 Å². The van der Waals surface area contributed by atoms with Crippen molar-refractivity contribution >= 4 is 22.6 Å². The zero-order valence-corrected chi connectivity index (χ0v) is 14.3. The molecule has 0 aliphatic carbocycles. The van der Waals surface area contributed by atoms with Gasteiger partial charge in [0.1, 0.15) is 11.3 Å². The third-order valence-corrected chi connectivity index (χ3v) is 4.40. The third kappa shape index (κ3) is 2.80. The van der Waals surface area contributed by atoms with Crippen molar-refractivity contribution in [2.75, 3.05) is 5.73 Å². The molecule has 1 amide bonds. The molecule has 0 bridgehead atoms. The Morgan fingerprint density at radius 2 is 1.50 bits per heavy atom. The van der Waals surface area contributed by atoms with E-state index in [2.05, 4.69) is 9.97 Å². The molecule has 0 aliphatic heterocycles. The minimum Gasteiger partial charge on any atom is -0.399 e. The molecule has 4 rings (SSSR count). The monoisotopic (exact) mass is 342 g/mol. The van der Waals surface area contributed by atoms with Crippen LogP contribution in [0.3, 0.4) is 0 Å². The number of aromatic nitrogens is 2. The molecule has 1 aromatic heterocycles. The lowest BCUT2D eigenvalue weighted by molar-refractivity contribution is 0.100. The van der Waals surface area contributed by atoms with Crippen LogP contribution in [0.15, 0.2) is 60.7 Å². The number of amides is 1. The van der Waals surface area contributed by atoms with Crippen LogP contribution in [0, 0.1) is 6.92 Å². The number of rotatable bonds is 3. The number of imidazole rings is 1. The van der Waals surface area contributed by atoms with Gasteiger partial charge in [0.25, 0.3) is 5.91 Å². The number of anilines is 1. The Hall–Kier alpha value is -3.60. The number of carbonyl (C=O) groups excluding carboxylic acids is 1. The summed E-state index contributed by atoms with van der Waals surface area (Å²) in [6.07, 6.45) is 0.